The predicted molar refractivity (Wildman–Crippen MR) is 142 cm³/mol. The molecular weight excluding hydrogens is 492 g/mol. The van der Waals surface area contributed by atoms with Crippen LogP contribution >= 0.6 is 11.6 Å². The molecule has 2 aromatic rings. The van der Waals surface area contributed by atoms with E-state index in [9.17, 15) is 14.7 Å². The summed E-state index contributed by atoms with van der Waals surface area (Å²) in [7, 11) is 1.29. The molecule has 0 radical (unpaired) electrons. The number of aromatic hydroxyl groups is 1. The van der Waals surface area contributed by atoms with Gasteiger partial charge in [0.15, 0.2) is 0 Å². The number of hydrogen-bond donors (Lipinski definition) is 1. The van der Waals surface area contributed by atoms with Crippen molar-refractivity contribution in [2.75, 3.05) is 26.7 Å². The van der Waals surface area contributed by atoms with E-state index in [2.05, 4.69) is 15.9 Å². The van der Waals surface area contributed by atoms with Crippen LogP contribution in [0.3, 0.4) is 0 Å². The molecule has 3 fully saturated rings. The van der Waals surface area contributed by atoms with Gasteiger partial charge in [-0.25, -0.2) is 4.79 Å². The van der Waals surface area contributed by atoms with Gasteiger partial charge in [0, 0.05) is 30.6 Å². The minimum atomic E-state index is -0.582. The van der Waals surface area contributed by atoms with Gasteiger partial charge in [0.2, 0.25) is 0 Å². The highest BCUT2D eigenvalue weighted by Gasteiger charge is 2.46. The summed E-state index contributed by atoms with van der Waals surface area (Å²) >= 11 is 6.51. The molecule has 4 atom stereocenters. The highest BCUT2D eigenvalue weighted by Crippen LogP contribution is 2.46. The number of nitrogens with zero attached hydrogens (tertiary/aromatic N) is 2. The van der Waals surface area contributed by atoms with Gasteiger partial charge < -0.3 is 14.3 Å². The van der Waals surface area contributed by atoms with E-state index in [-0.39, 0.29) is 22.8 Å². The molecule has 3 saturated heterocycles. The van der Waals surface area contributed by atoms with E-state index in [1.54, 1.807) is 18.6 Å². The number of likely N-dealkylation sites (tertiary alicyclic amines) is 1. The third-order valence-corrected chi connectivity index (χ3v) is 9.56. The number of fused-ring (bicyclic) bond motifs is 7. The fraction of sp³-hybridized carbons (Fsp3) is 0.586. The maximum atomic E-state index is 12.9. The second kappa shape index (κ2) is 9.75. The summed E-state index contributed by atoms with van der Waals surface area (Å²) in [5.74, 6) is 0.667. The zero-order valence-electron chi connectivity index (χ0n) is 21.6. The molecule has 1 aliphatic carbocycles. The second-order valence-corrected chi connectivity index (χ2v) is 11.7. The number of rotatable bonds is 4. The number of carbonyl (C=O) groups excluding carboxylic acids is 1. The highest BCUT2D eigenvalue weighted by molar-refractivity contribution is 6.33. The Balaban J connectivity index is 1.38. The molecule has 0 amide bonds. The Morgan fingerprint density at radius 1 is 1.24 bits per heavy atom. The molecule has 4 heterocycles. The molecule has 1 N–H and O–H groups in total. The van der Waals surface area contributed by atoms with Gasteiger partial charge in [-0.3, -0.25) is 14.6 Å². The molecule has 0 saturated carbocycles. The van der Waals surface area contributed by atoms with Crippen molar-refractivity contribution in [3.05, 3.63) is 49.8 Å². The SMILES string of the molecule is COC(=O)Cc1c(C)c2cc(Cl)c(O)c(CN3CCCC4=CC5CC(CN6CCCCC56)C43)c2oc1=O. The summed E-state index contributed by atoms with van der Waals surface area (Å²) in [5.41, 5.74) is 2.74. The Bertz CT molecular complexity index is 1330. The van der Waals surface area contributed by atoms with Crippen LogP contribution < -0.4 is 5.63 Å². The first kappa shape index (κ1) is 25.0. The number of esters is 1. The number of aryl methyl sites for hydroxylation is 1. The third kappa shape index (κ3) is 4.29. The number of halogens is 1. The zero-order valence-corrected chi connectivity index (χ0v) is 22.4. The van der Waals surface area contributed by atoms with Crippen LogP contribution in [0.5, 0.6) is 5.75 Å². The van der Waals surface area contributed by atoms with E-state index >= 15 is 0 Å². The molecule has 8 heteroatoms. The summed E-state index contributed by atoms with van der Waals surface area (Å²) < 4.78 is 10.5. The summed E-state index contributed by atoms with van der Waals surface area (Å²) in [5, 5.41) is 11.9. The fourth-order valence-corrected chi connectivity index (χ4v) is 7.80. The van der Waals surface area contributed by atoms with E-state index in [1.807, 2.05) is 0 Å². The Morgan fingerprint density at radius 2 is 2.08 bits per heavy atom. The lowest BCUT2D eigenvalue weighted by Gasteiger charge is -2.54. The number of piperidine rings is 3. The molecule has 1 aromatic heterocycles. The molecule has 198 valence electrons. The largest absolute Gasteiger partial charge is 0.506 e. The molecule has 4 unspecified atom stereocenters. The number of phenols is 1. The minimum absolute atomic E-state index is 0.0398. The van der Waals surface area contributed by atoms with E-state index in [4.69, 9.17) is 20.8 Å². The summed E-state index contributed by atoms with van der Waals surface area (Å²) in [4.78, 5) is 30.0. The standard InChI is InChI=1S/C29H35ClN2O5/c1-16-20-12-23(30)27(34)22(28(20)37-29(35)21(16)13-25(33)36-2)15-32-9-5-6-17-10-18-11-19(26(17)32)14-31-8-4-3-7-24(18)31/h10,12,18-19,24,26,34H,3-9,11,13-15H2,1-2H3. The lowest BCUT2D eigenvalue weighted by molar-refractivity contribution is -0.139. The lowest BCUT2D eigenvalue weighted by atomic mass is 9.68. The average Bonchev–Trinajstić information content (AvgIpc) is 2.90. The van der Waals surface area contributed by atoms with Gasteiger partial charge in [-0.2, -0.15) is 0 Å². The van der Waals surface area contributed by atoms with Crippen molar-refractivity contribution in [2.45, 2.75) is 70.5 Å². The number of phenolic OH excluding ortho intramolecular Hbond substituents is 1. The lowest BCUT2D eigenvalue weighted by Crippen LogP contribution is -2.59. The molecule has 0 spiro atoms. The Hall–Kier alpha value is -2.35. The fourth-order valence-electron chi connectivity index (χ4n) is 7.57. The predicted octanol–water partition coefficient (Wildman–Crippen LogP) is 4.57. The van der Waals surface area contributed by atoms with Crippen molar-refractivity contribution < 1.29 is 19.1 Å². The molecule has 2 bridgehead atoms. The molecular formula is C29H35ClN2O5. The molecule has 3 aliphatic heterocycles. The van der Waals surface area contributed by atoms with Gasteiger partial charge in [0.1, 0.15) is 11.3 Å². The van der Waals surface area contributed by atoms with Gasteiger partial charge in [-0.15, -0.1) is 0 Å². The van der Waals surface area contributed by atoms with Gasteiger partial charge in [-0.1, -0.05) is 29.7 Å². The maximum Gasteiger partial charge on any atom is 0.340 e. The average molecular weight is 527 g/mol. The van der Waals surface area contributed by atoms with Crippen LogP contribution in [0.15, 0.2) is 26.9 Å². The maximum absolute atomic E-state index is 12.9. The number of benzene rings is 1. The topological polar surface area (TPSA) is 83.2 Å². The van der Waals surface area contributed by atoms with Crippen molar-refractivity contribution in [2.24, 2.45) is 11.8 Å². The van der Waals surface area contributed by atoms with Crippen molar-refractivity contribution in [1.82, 2.24) is 9.80 Å². The number of ether oxygens (including phenoxy) is 1. The number of hydrogen-bond acceptors (Lipinski definition) is 7. The monoisotopic (exact) mass is 526 g/mol. The Labute approximate surface area is 222 Å². The van der Waals surface area contributed by atoms with Crippen LogP contribution in [0.25, 0.3) is 11.0 Å². The first-order chi connectivity index (χ1) is 17.9. The second-order valence-electron chi connectivity index (χ2n) is 11.3. The first-order valence-electron chi connectivity index (χ1n) is 13.6. The number of methoxy groups -OCH3 is 1. The quantitative estimate of drug-likeness (QED) is 0.355. The summed E-state index contributed by atoms with van der Waals surface area (Å²) in [6.45, 7) is 5.49. The molecule has 7 nitrogen and oxygen atoms in total. The normalized spacial score (nSPS) is 27.9. The van der Waals surface area contributed by atoms with Crippen LogP contribution in [0, 0.1) is 18.8 Å². The van der Waals surface area contributed by atoms with Gasteiger partial charge in [0.25, 0.3) is 0 Å². The van der Waals surface area contributed by atoms with Crippen LogP contribution in [-0.2, 0) is 22.5 Å². The zero-order chi connectivity index (χ0) is 25.8. The molecule has 4 aliphatic rings. The van der Waals surface area contributed by atoms with Gasteiger partial charge in [-0.05, 0) is 75.6 Å². The molecule has 1 aromatic carbocycles. The van der Waals surface area contributed by atoms with Gasteiger partial charge in [0.05, 0.1) is 29.7 Å². The van der Waals surface area contributed by atoms with Crippen molar-refractivity contribution >= 4 is 28.5 Å². The first-order valence-corrected chi connectivity index (χ1v) is 14.0. The van der Waals surface area contributed by atoms with Crippen LogP contribution in [0.1, 0.15) is 55.2 Å². The van der Waals surface area contributed by atoms with Gasteiger partial charge >= 0.3 is 11.6 Å². The number of carbonyl (C=O) groups is 1. The minimum Gasteiger partial charge on any atom is -0.506 e. The van der Waals surface area contributed by atoms with Crippen LogP contribution in [-0.4, -0.2) is 59.7 Å². The molecule has 37 heavy (non-hydrogen) atoms. The van der Waals surface area contributed by atoms with E-state index in [0.29, 0.717) is 52.6 Å². The summed E-state index contributed by atoms with van der Waals surface area (Å²) in [6.07, 6.45) is 9.78. The Kier molecular flexibility index (Phi) is 6.58. The van der Waals surface area contributed by atoms with Crippen molar-refractivity contribution in [1.29, 1.82) is 0 Å². The Morgan fingerprint density at radius 3 is 2.89 bits per heavy atom. The summed E-state index contributed by atoms with van der Waals surface area (Å²) in [6, 6.07) is 2.65. The van der Waals surface area contributed by atoms with E-state index in [1.165, 1.54) is 39.3 Å². The van der Waals surface area contributed by atoms with E-state index in [0.717, 1.165) is 25.9 Å². The highest BCUT2D eigenvalue weighted by atomic mass is 35.5. The van der Waals surface area contributed by atoms with Crippen molar-refractivity contribution in [3.63, 3.8) is 0 Å². The van der Waals surface area contributed by atoms with Crippen LogP contribution in [0.2, 0.25) is 5.02 Å². The van der Waals surface area contributed by atoms with Crippen LogP contribution in [0.4, 0.5) is 0 Å². The third-order valence-electron chi connectivity index (χ3n) is 9.27. The molecule has 6 rings (SSSR count). The smallest absolute Gasteiger partial charge is 0.340 e. The van der Waals surface area contributed by atoms with Crippen molar-refractivity contribution in [3.8, 4) is 5.75 Å². The van der Waals surface area contributed by atoms with E-state index < -0.39 is 11.6 Å².